The van der Waals surface area contributed by atoms with E-state index >= 15 is 0 Å². The minimum Gasteiger partial charge on any atom is -0.507 e. The second kappa shape index (κ2) is 15.5. The fraction of sp³-hybridized carbons (Fsp3) is 0.359. The number of aromatic nitrogens is 3. The summed E-state index contributed by atoms with van der Waals surface area (Å²) >= 11 is 1.69. The molecule has 1 saturated heterocycles. The predicted octanol–water partition coefficient (Wildman–Crippen LogP) is 6.33. The molecule has 0 radical (unpaired) electrons. The van der Waals surface area contributed by atoms with E-state index in [0.29, 0.717) is 30.2 Å². The number of anilines is 3. The highest BCUT2D eigenvalue weighted by molar-refractivity contribution is 7.13. The molecule has 0 unspecified atom stereocenters. The van der Waals surface area contributed by atoms with Crippen LogP contribution < -0.4 is 26.0 Å². The molecular formula is C39H46N8O2S. The molecule has 2 aromatic heterocycles. The molecule has 10 nitrogen and oxygen atoms in total. The number of thiazole rings is 1. The molecule has 3 aromatic carbocycles. The molecule has 1 aliphatic heterocycles. The lowest BCUT2D eigenvalue weighted by atomic mass is 10.1. The molecule has 0 bridgehead atoms. The van der Waals surface area contributed by atoms with Gasteiger partial charge in [-0.2, -0.15) is 0 Å². The zero-order chi connectivity index (χ0) is 34.5. The van der Waals surface area contributed by atoms with Crippen LogP contribution in [0.5, 0.6) is 11.5 Å². The maximum Gasteiger partial charge on any atom is 0.169 e. The number of para-hydroxylation sites is 1. The van der Waals surface area contributed by atoms with Crippen LogP contribution in [-0.4, -0.2) is 71.1 Å². The van der Waals surface area contributed by atoms with E-state index in [-0.39, 0.29) is 5.75 Å². The number of hydrogen-bond acceptors (Lipinski definition) is 11. The molecule has 1 saturated carbocycles. The van der Waals surface area contributed by atoms with Crippen LogP contribution in [0.4, 0.5) is 17.2 Å². The molecule has 11 heteroatoms. The molecule has 3 heterocycles. The number of phenols is 1. The van der Waals surface area contributed by atoms with Gasteiger partial charge in [-0.3, -0.25) is 4.90 Å². The van der Waals surface area contributed by atoms with Gasteiger partial charge in [-0.15, -0.1) is 21.5 Å². The third-order valence-corrected chi connectivity index (χ3v) is 10.7. The van der Waals surface area contributed by atoms with Crippen molar-refractivity contribution in [2.24, 2.45) is 11.7 Å². The first-order chi connectivity index (χ1) is 24.4. The zero-order valence-electron chi connectivity index (χ0n) is 28.7. The van der Waals surface area contributed by atoms with E-state index in [1.54, 1.807) is 23.5 Å². The number of phenolic OH excluding ortho intramolecular Hbond substituents is 1. The Hall–Kier alpha value is -4.71. The summed E-state index contributed by atoms with van der Waals surface area (Å²) in [5, 5.41) is 18.7. The van der Waals surface area contributed by atoms with Crippen molar-refractivity contribution in [3.63, 3.8) is 0 Å². The van der Waals surface area contributed by atoms with Gasteiger partial charge in [0.1, 0.15) is 11.5 Å². The van der Waals surface area contributed by atoms with Crippen LogP contribution in [0.25, 0.3) is 21.7 Å². The first-order valence-corrected chi connectivity index (χ1v) is 18.4. The molecule has 2 aliphatic rings. The van der Waals surface area contributed by atoms with Crippen LogP contribution in [0.15, 0.2) is 78.3 Å². The standard InChI is InChI=1S/C39H46N8O2S/c1-27-38(50-26-42-27)30-11-12-31(23-40)35(21-30)47(25-29-7-8-29)15-4-20-49-32-13-9-28(10-14-32)24-45-16-18-46(19-17-45)36-22-34(43-44-39(36)41)33-5-2-3-6-37(33)48/h2-3,5-6,9-14,21-22,26,29,48H,4,7-8,15-20,23-25,40H2,1H3,(H2,41,44). The average molecular weight is 691 g/mol. The van der Waals surface area contributed by atoms with Gasteiger partial charge < -0.3 is 31.1 Å². The minimum atomic E-state index is 0.177. The normalized spacial score (nSPS) is 15.0. The van der Waals surface area contributed by atoms with Gasteiger partial charge in [0, 0.05) is 63.6 Å². The molecule has 0 spiro atoms. The molecule has 5 aromatic rings. The van der Waals surface area contributed by atoms with E-state index < -0.39 is 0 Å². The Bertz CT molecular complexity index is 1890. The number of aryl methyl sites for hydroxylation is 1. The Morgan fingerprint density at radius 3 is 2.50 bits per heavy atom. The van der Waals surface area contributed by atoms with Gasteiger partial charge in [-0.25, -0.2) is 4.98 Å². The van der Waals surface area contributed by atoms with E-state index in [4.69, 9.17) is 16.2 Å². The van der Waals surface area contributed by atoms with Crippen LogP contribution in [0.2, 0.25) is 0 Å². The number of hydrogen-bond donors (Lipinski definition) is 3. The van der Waals surface area contributed by atoms with E-state index in [0.717, 1.165) is 75.3 Å². The second-order valence-electron chi connectivity index (χ2n) is 13.3. The lowest BCUT2D eigenvalue weighted by Crippen LogP contribution is -2.46. The van der Waals surface area contributed by atoms with Gasteiger partial charge in [-0.05, 0) is 85.2 Å². The molecule has 0 amide bonds. The lowest BCUT2D eigenvalue weighted by Gasteiger charge is -2.36. The summed E-state index contributed by atoms with van der Waals surface area (Å²) in [6.45, 7) is 9.59. The Morgan fingerprint density at radius 1 is 0.980 bits per heavy atom. The monoisotopic (exact) mass is 690 g/mol. The fourth-order valence-corrected chi connectivity index (χ4v) is 7.48. The van der Waals surface area contributed by atoms with Gasteiger partial charge in [0.15, 0.2) is 5.82 Å². The van der Waals surface area contributed by atoms with Crippen molar-refractivity contribution in [3.05, 3.63) is 95.1 Å². The van der Waals surface area contributed by atoms with Crippen molar-refractivity contribution < 1.29 is 9.84 Å². The van der Waals surface area contributed by atoms with Crippen LogP contribution in [-0.2, 0) is 13.1 Å². The predicted molar refractivity (Wildman–Crippen MR) is 203 cm³/mol. The van der Waals surface area contributed by atoms with E-state index in [1.807, 2.05) is 23.7 Å². The molecule has 260 valence electrons. The van der Waals surface area contributed by atoms with Crippen LogP contribution in [0.1, 0.15) is 36.1 Å². The highest BCUT2D eigenvalue weighted by atomic mass is 32.1. The summed E-state index contributed by atoms with van der Waals surface area (Å²) in [6, 6.07) is 24.3. The van der Waals surface area contributed by atoms with Crippen LogP contribution in [0, 0.1) is 12.8 Å². The van der Waals surface area contributed by atoms with Gasteiger partial charge in [0.05, 0.1) is 34.1 Å². The lowest BCUT2D eigenvalue weighted by molar-refractivity contribution is 0.249. The third-order valence-electron chi connectivity index (χ3n) is 9.69. The summed E-state index contributed by atoms with van der Waals surface area (Å²) in [5.74, 6) is 2.24. The maximum atomic E-state index is 10.3. The summed E-state index contributed by atoms with van der Waals surface area (Å²) in [4.78, 5) is 12.9. The Labute approximate surface area is 298 Å². The third kappa shape index (κ3) is 8.01. The van der Waals surface area contributed by atoms with Crippen LogP contribution in [0.3, 0.4) is 0 Å². The maximum absolute atomic E-state index is 10.3. The fourth-order valence-electron chi connectivity index (χ4n) is 6.68. The molecule has 5 N–H and O–H groups in total. The smallest absolute Gasteiger partial charge is 0.169 e. The number of aromatic hydroxyl groups is 1. The van der Waals surface area contributed by atoms with Crippen molar-refractivity contribution in [2.75, 3.05) is 61.4 Å². The number of nitrogens with two attached hydrogens (primary N) is 2. The largest absolute Gasteiger partial charge is 0.507 e. The Morgan fingerprint density at radius 2 is 1.78 bits per heavy atom. The number of nitrogen functional groups attached to an aromatic ring is 1. The highest BCUT2D eigenvalue weighted by Gasteiger charge is 2.26. The van der Waals surface area contributed by atoms with Crippen molar-refractivity contribution >= 4 is 28.5 Å². The van der Waals surface area contributed by atoms with Gasteiger partial charge >= 0.3 is 0 Å². The van der Waals surface area contributed by atoms with E-state index in [1.165, 1.54) is 40.1 Å². The molecular weight excluding hydrogens is 645 g/mol. The Balaban J connectivity index is 0.902. The van der Waals surface area contributed by atoms with Gasteiger partial charge in [-0.1, -0.05) is 36.4 Å². The summed E-state index contributed by atoms with van der Waals surface area (Å²) in [6.07, 6.45) is 3.54. The van der Waals surface area contributed by atoms with Crippen molar-refractivity contribution in [1.29, 1.82) is 0 Å². The minimum absolute atomic E-state index is 0.177. The zero-order valence-corrected chi connectivity index (χ0v) is 29.5. The quantitative estimate of drug-likeness (QED) is 0.114. The van der Waals surface area contributed by atoms with E-state index in [9.17, 15) is 5.11 Å². The van der Waals surface area contributed by atoms with Crippen molar-refractivity contribution in [3.8, 4) is 33.2 Å². The van der Waals surface area contributed by atoms with E-state index in [2.05, 4.69) is 79.3 Å². The Kier molecular flexibility index (Phi) is 10.4. The SMILES string of the molecule is Cc1ncsc1-c1ccc(CN)c(N(CCCOc2ccc(CN3CCN(c4cc(-c5ccccc5O)nnc4N)CC3)cc2)CC2CC2)c1. The number of rotatable bonds is 14. The molecule has 0 atom stereocenters. The average Bonchev–Trinajstić information content (AvgIpc) is 3.87. The first kappa shape index (κ1) is 33.8. The molecule has 1 aliphatic carbocycles. The molecule has 50 heavy (non-hydrogen) atoms. The molecule has 7 rings (SSSR count). The van der Waals surface area contributed by atoms with Gasteiger partial charge in [0.25, 0.3) is 0 Å². The highest BCUT2D eigenvalue weighted by Crippen LogP contribution is 2.36. The first-order valence-electron chi connectivity index (χ1n) is 17.5. The number of nitrogens with zero attached hydrogens (tertiary/aromatic N) is 6. The van der Waals surface area contributed by atoms with Crippen LogP contribution >= 0.6 is 11.3 Å². The number of benzene rings is 3. The number of piperazine rings is 1. The topological polar surface area (TPSA) is 130 Å². The van der Waals surface area contributed by atoms with Crippen molar-refractivity contribution in [1.82, 2.24) is 20.1 Å². The number of ether oxygens (including phenoxy) is 1. The van der Waals surface area contributed by atoms with Crippen molar-refractivity contribution in [2.45, 2.75) is 39.3 Å². The molecule has 2 fully saturated rings. The van der Waals surface area contributed by atoms with Gasteiger partial charge in [0.2, 0.25) is 0 Å². The summed E-state index contributed by atoms with van der Waals surface area (Å²) < 4.78 is 6.22. The summed E-state index contributed by atoms with van der Waals surface area (Å²) in [7, 11) is 0. The second-order valence-corrected chi connectivity index (χ2v) is 14.2. The summed E-state index contributed by atoms with van der Waals surface area (Å²) in [5.41, 5.74) is 22.5.